The Hall–Kier alpha value is -1.20. The zero-order chi connectivity index (χ0) is 12.5. The minimum atomic E-state index is -3.48. The van der Waals surface area contributed by atoms with Gasteiger partial charge in [-0.2, -0.15) is 0 Å². The van der Waals surface area contributed by atoms with Crippen LogP contribution in [-0.2, 0) is 10.0 Å². The molecule has 0 saturated heterocycles. The molecule has 0 atom stereocenters. The Morgan fingerprint density at radius 3 is 2.25 bits per heavy atom. The molecule has 0 radical (unpaired) electrons. The van der Waals surface area contributed by atoms with Crippen molar-refractivity contribution in [3.63, 3.8) is 0 Å². The van der Waals surface area contributed by atoms with E-state index in [1.165, 1.54) is 27.1 Å². The van der Waals surface area contributed by atoms with Gasteiger partial charge in [-0.05, 0) is 25.5 Å². The molecule has 1 rings (SSSR count). The van der Waals surface area contributed by atoms with E-state index >= 15 is 0 Å². The molecular weight excluding hydrogens is 226 g/mol. The highest BCUT2D eigenvalue weighted by atomic mass is 32.2. The van der Waals surface area contributed by atoms with E-state index in [1.807, 2.05) is 0 Å². The van der Waals surface area contributed by atoms with Crippen molar-refractivity contribution in [3.05, 3.63) is 29.3 Å². The first-order valence-corrected chi connectivity index (χ1v) is 6.25. The average Bonchev–Trinajstić information content (AvgIpc) is 2.17. The van der Waals surface area contributed by atoms with Crippen molar-refractivity contribution in [1.82, 2.24) is 4.31 Å². The monoisotopic (exact) mass is 241 g/mol. The highest BCUT2D eigenvalue weighted by Gasteiger charge is 2.20. The normalized spacial score (nSPS) is 11.8. The Labute approximate surface area is 95.9 Å². The lowest BCUT2D eigenvalue weighted by Gasteiger charge is -2.14. The predicted octanol–water partition coefficient (Wildman–Crippen LogP) is 1.45. The van der Waals surface area contributed by atoms with Gasteiger partial charge in [-0.25, -0.2) is 12.7 Å². The van der Waals surface area contributed by atoms with Crippen LogP contribution in [0.3, 0.4) is 0 Å². The highest BCUT2D eigenvalue weighted by Crippen LogP contribution is 2.19. The summed E-state index contributed by atoms with van der Waals surface area (Å²) in [5.41, 5.74) is 1.05. The average molecular weight is 241 g/mol. The summed E-state index contributed by atoms with van der Waals surface area (Å²) in [4.78, 5) is 11.4. The third-order valence-corrected chi connectivity index (χ3v) is 4.31. The number of benzene rings is 1. The van der Waals surface area contributed by atoms with E-state index in [0.717, 1.165) is 4.31 Å². The Morgan fingerprint density at radius 2 is 1.81 bits per heavy atom. The van der Waals surface area contributed by atoms with Crippen molar-refractivity contribution in [2.45, 2.75) is 18.7 Å². The van der Waals surface area contributed by atoms with Crippen LogP contribution in [0.1, 0.15) is 22.8 Å². The first-order valence-electron chi connectivity index (χ1n) is 4.81. The van der Waals surface area contributed by atoms with Crippen LogP contribution < -0.4 is 0 Å². The van der Waals surface area contributed by atoms with E-state index in [-0.39, 0.29) is 10.7 Å². The summed E-state index contributed by atoms with van der Waals surface area (Å²) in [6.45, 7) is 3.12. The number of sulfonamides is 1. The molecule has 0 unspecified atom stereocenters. The summed E-state index contributed by atoms with van der Waals surface area (Å²) in [5, 5.41) is 0. The lowest BCUT2D eigenvalue weighted by atomic mass is 10.1. The third kappa shape index (κ3) is 2.31. The molecule has 16 heavy (non-hydrogen) atoms. The number of hydrogen-bond acceptors (Lipinski definition) is 3. The second-order valence-corrected chi connectivity index (χ2v) is 5.94. The molecule has 0 N–H and O–H groups in total. The molecule has 0 amide bonds. The molecule has 4 nitrogen and oxygen atoms in total. The van der Waals surface area contributed by atoms with Gasteiger partial charge >= 0.3 is 0 Å². The van der Waals surface area contributed by atoms with E-state index < -0.39 is 10.0 Å². The van der Waals surface area contributed by atoms with Crippen molar-refractivity contribution in [1.29, 1.82) is 0 Å². The standard InChI is InChI=1S/C11H15NO3S/c1-8-5-6-10(9(2)13)7-11(8)16(14,15)12(3)4/h5-7H,1-4H3. The SMILES string of the molecule is CC(=O)c1ccc(C)c(S(=O)(=O)N(C)C)c1. The minimum Gasteiger partial charge on any atom is -0.295 e. The fourth-order valence-electron chi connectivity index (χ4n) is 1.29. The second kappa shape index (κ2) is 4.35. The molecule has 0 aliphatic rings. The van der Waals surface area contributed by atoms with Gasteiger partial charge in [0, 0.05) is 19.7 Å². The Morgan fingerprint density at radius 1 is 1.25 bits per heavy atom. The van der Waals surface area contributed by atoms with E-state index in [9.17, 15) is 13.2 Å². The maximum atomic E-state index is 11.9. The summed E-state index contributed by atoms with van der Waals surface area (Å²) >= 11 is 0. The predicted molar refractivity (Wildman–Crippen MR) is 62.1 cm³/mol. The van der Waals surface area contributed by atoms with E-state index in [2.05, 4.69) is 0 Å². The van der Waals surface area contributed by atoms with Crippen LogP contribution in [-0.4, -0.2) is 32.6 Å². The van der Waals surface area contributed by atoms with Gasteiger partial charge < -0.3 is 0 Å². The summed E-state index contributed by atoms with van der Waals surface area (Å²) in [7, 11) is -0.548. The van der Waals surface area contributed by atoms with Crippen molar-refractivity contribution in [2.75, 3.05) is 14.1 Å². The van der Waals surface area contributed by atoms with E-state index in [4.69, 9.17) is 0 Å². The third-order valence-electron chi connectivity index (χ3n) is 2.35. The summed E-state index contributed by atoms with van der Waals surface area (Å²) in [6, 6.07) is 4.70. The van der Waals surface area contributed by atoms with E-state index in [1.54, 1.807) is 19.1 Å². The van der Waals surface area contributed by atoms with Gasteiger partial charge in [-0.15, -0.1) is 0 Å². The zero-order valence-electron chi connectivity index (χ0n) is 9.81. The lowest BCUT2D eigenvalue weighted by Crippen LogP contribution is -2.23. The quantitative estimate of drug-likeness (QED) is 0.753. The van der Waals surface area contributed by atoms with Crippen LogP contribution in [0, 0.1) is 6.92 Å². The number of nitrogens with zero attached hydrogens (tertiary/aromatic N) is 1. The molecular formula is C11H15NO3S. The molecule has 0 fully saturated rings. The molecule has 0 saturated carbocycles. The number of carbonyl (C=O) groups is 1. The molecule has 0 spiro atoms. The van der Waals surface area contributed by atoms with Gasteiger partial charge in [0.05, 0.1) is 4.90 Å². The van der Waals surface area contributed by atoms with Crippen molar-refractivity contribution in [3.8, 4) is 0 Å². The topological polar surface area (TPSA) is 54.5 Å². The zero-order valence-corrected chi connectivity index (χ0v) is 10.6. The first kappa shape index (κ1) is 12.9. The smallest absolute Gasteiger partial charge is 0.242 e. The molecule has 0 aliphatic heterocycles. The van der Waals surface area contributed by atoms with Gasteiger partial charge in [0.25, 0.3) is 0 Å². The molecule has 0 heterocycles. The maximum Gasteiger partial charge on any atom is 0.242 e. The Balaban J connectivity index is 3.45. The van der Waals surface area contributed by atoms with Crippen LogP contribution in [0.25, 0.3) is 0 Å². The largest absolute Gasteiger partial charge is 0.295 e. The van der Waals surface area contributed by atoms with Gasteiger partial charge in [0.15, 0.2) is 5.78 Å². The fourth-order valence-corrected chi connectivity index (χ4v) is 2.44. The van der Waals surface area contributed by atoms with Crippen molar-refractivity contribution < 1.29 is 13.2 Å². The second-order valence-electron chi connectivity index (χ2n) is 3.82. The molecule has 1 aromatic rings. The molecule has 1 aromatic carbocycles. The molecule has 0 bridgehead atoms. The summed E-state index contributed by atoms with van der Waals surface area (Å²) in [5.74, 6) is -0.143. The molecule has 0 aromatic heterocycles. The number of aryl methyl sites for hydroxylation is 1. The number of Topliss-reactive ketones (excluding diaryl/α,β-unsaturated/α-hetero) is 1. The number of hydrogen-bond donors (Lipinski definition) is 0. The molecule has 0 aliphatic carbocycles. The van der Waals surface area contributed by atoms with Gasteiger partial charge in [-0.3, -0.25) is 4.79 Å². The first-order chi connectivity index (χ1) is 7.26. The van der Waals surface area contributed by atoms with Crippen molar-refractivity contribution in [2.24, 2.45) is 0 Å². The van der Waals surface area contributed by atoms with Crippen LogP contribution in [0.15, 0.2) is 23.1 Å². The lowest BCUT2D eigenvalue weighted by molar-refractivity contribution is 0.101. The van der Waals surface area contributed by atoms with Gasteiger partial charge in [0.1, 0.15) is 0 Å². The fraction of sp³-hybridized carbons (Fsp3) is 0.364. The van der Waals surface area contributed by atoms with Gasteiger partial charge in [0.2, 0.25) is 10.0 Å². The van der Waals surface area contributed by atoms with E-state index in [0.29, 0.717) is 11.1 Å². The highest BCUT2D eigenvalue weighted by molar-refractivity contribution is 7.89. The summed E-state index contributed by atoms with van der Waals surface area (Å²) in [6.07, 6.45) is 0. The Bertz CT molecular complexity index is 518. The number of rotatable bonds is 3. The molecule has 5 heteroatoms. The summed E-state index contributed by atoms with van der Waals surface area (Å²) < 4.78 is 25.0. The molecule has 88 valence electrons. The maximum absolute atomic E-state index is 11.9. The number of carbonyl (C=O) groups excluding carboxylic acids is 1. The van der Waals surface area contributed by atoms with Crippen LogP contribution in [0.5, 0.6) is 0 Å². The van der Waals surface area contributed by atoms with Crippen LogP contribution >= 0.6 is 0 Å². The minimum absolute atomic E-state index is 0.143. The Kier molecular flexibility index (Phi) is 3.50. The van der Waals surface area contributed by atoms with Crippen LogP contribution in [0.4, 0.5) is 0 Å². The van der Waals surface area contributed by atoms with Crippen molar-refractivity contribution >= 4 is 15.8 Å². The number of ketones is 1. The van der Waals surface area contributed by atoms with Gasteiger partial charge in [-0.1, -0.05) is 12.1 Å². The van der Waals surface area contributed by atoms with Crippen LogP contribution in [0.2, 0.25) is 0 Å².